The lowest BCUT2D eigenvalue weighted by molar-refractivity contribution is -0.597. The summed E-state index contributed by atoms with van der Waals surface area (Å²) in [7, 11) is 0. The van der Waals surface area contributed by atoms with Gasteiger partial charge in [-0.05, 0) is 66.2 Å². The summed E-state index contributed by atoms with van der Waals surface area (Å²) in [5, 5.41) is 18.3. The minimum atomic E-state index is -0.901. The Morgan fingerprint density at radius 2 is 1.11 bits per heavy atom. The number of hydrogen-bond donors (Lipinski definition) is 2. The molecule has 7 heteroatoms. The predicted octanol–water partition coefficient (Wildman–Crippen LogP) is -1.04. The van der Waals surface area contributed by atoms with Crippen molar-refractivity contribution in [2.75, 3.05) is 6.61 Å². The van der Waals surface area contributed by atoms with E-state index in [0.717, 1.165) is 19.3 Å². The molecule has 5 nitrogen and oxygen atoms in total. The minimum absolute atomic E-state index is 0.324. The number of carbonyl (C=O) groups is 2. The van der Waals surface area contributed by atoms with Crippen LogP contribution >= 0.6 is 0 Å². The maximum atomic E-state index is 11.2. The fourth-order valence-electron chi connectivity index (χ4n) is 3.21. The second-order valence-corrected chi connectivity index (χ2v) is 13.6. The van der Waals surface area contributed by atoms with Crippen LogP contribution in [0.3, 0.4) is 0 Å². The summed E-state index contributed by atoms with van der Waals surface area (Å²) in [6.07, 6.45) is 0.795. The highest BCUT2D eigenvalue weighted by Crippen LogP contribution is 2.10. The summed E-state index contributed by atoms with van der Waals surface area (Å²) in [5.41, 5.74) is 1.85. The molecule has 0 saturated heterocycles. The van der Waals surface area contributed by atoms with Crippen molar-refractivity contribution in [3.8, 4) is 5.75 Å². The van der Waals surface area contributed by atoms with Gasteiger partial charge in [0.2, 0.25) is 0 Å². The minimum Gasteiger partial charge on any atom is -0.493 e. The highest BCUT2D eigenvalue weighted by Gasteiger charge is 2.18. The molecule has 0 spiro atoms. The van der Waals surface area contributed by atoms with Crippen molar-refractivity contribution in [2.24, 2.45) is 0 Å². The first-order valence-electron chi connectivity index (χ1n) is 10.7. The molecule has 176 valence electrons. The van der Waals surface area contributed by atoms with E-state index in [-0.39, 0.29) is 0 Å². The normalized spacial score (nSPS) is 10.6. The second-order valence-electron chi connectivity index (χ2n) is 7.50. The van der Waals surface area contributed by atoms with E-state index in [0.29, 0.717) is 17.7 Å². The Morgan fingerprint density at radius 1 is 0.629 bits per heavy atom. The van der Waals surface area contributed by atoms with Gasteiger partial charge in [-0.3, -0.25) is 0 Å². The quantitative estimate of drug-likeness (QED) is 0.208. The fourth-order valence-corrected chi connectivity index (χ4v) is 7.84. The Labute approximate surface area is 224 Å². The molecule has 4 aromatic rings. The molecule has 0 aliphatic rings. The summed E-state index contributed by atoms with van der Waals surface area (Å²) in [4.78, 5) is 22.3. The van der Waals surface area contributed by atoms with Gasteiger partial charge in [-0.15, -0.1) is 0 Å². The molecular weight excluding hydrogens is 670 g/mol. The average Bonchev–Trinajstić information content (AvgIpc) is 2.86. The number of carboxylic acids is 2. The van der Waals surface area contributed by atoms with Crippen LogP contribution in [0.25, 0.3) is 0 Å². The number of ether oxygens (including phenoxy) is 1. The maximum Gasteiger partial charge on any atom is 0.357 e. The lowest BCUT2D eigenvalue weighted by atomic mass is 10.2. The van der Waals surface area contributed by atoms with Crippen molar-refractivity contribution in [2.45, 2.75) is 6.42 Å². The smallest absolute Gasteiger partial charge is 0.357 e. The summed E-state index contributed by atoms with van der Waals surface area (Å²) >= 11 is -0.875. The van der Waals surface area contributed by atoms with Crippen molar-refractivity contribution < 1.29 is 66.9 Å². The lowest BCUT2D eigenvalue weighted by Gasteiger charge is -2.05. The Kier molecular flexibility index (Phi) is 8.75. The first-order valence-corrected chi connectivity index (χ1v) is 15.1. The third-order valence-corrected chi connectivity index (χ3v) is 10.2. The Morgan fingerprint density at radius 3 is 1.60 bits per heavy atom. The van der Waals surface area contributed by atoms with Crippen LogP contribution in [0.1, 0.15) is 26.3 Å². The molecule has 0 fully saturated rings. The number of aromatic carboxylic acids is 2. The van der Waals surface area contributed by atoms with Crippen LogP contribution in [0.5, 0.6) is 5.75 Å². The molecule has 4 rings (SSSR count). The molecule has 35 heavy (non-hydrogen) atoms. The molecule has 0 saturated carbocycles. The van der Waals surface area contributed by atoms with E-state index in [1.807, 2.05) is 36.4 Å². The molecule has 0 aromatic heterocycles. The van der Waals surface area contributed by atoms with Crippen LogP contribution in [0.4, 0.5) is 0 Å². The monoisotopic (exact) mass is 692 g/mol. The maximum absolute atomic E-state index is 11.2. The van der Waals surface area contributed by atoms with Gasteiger partial charge in [0, 0.05) is 18.6 Å². The number of carboxylic acid groups (broad SMARTS) is 2. The largest absolute Gasteiger partial charge is 0.493 e. The van der Waals surface area contributed by atoms with E-state index >= 15 is 0 Å². The van der Waals surface area contributed by atoms with E-state index in [1.54, 1.807) is 36.4 Å². The van der Waals surface area contributed by atoms with Gasteiger partial charge in [0.05, 0.1) is 17.7 Å². The van der Waals surface area contributed by atoms with Crippen LogP contribution in [0, 0.1) is 14.3 Å². The van der Waals surface area contributed by atoms with Gasteiger partial charge >= 0.3 is 54.3 Å². The van der Waals surface area contributed by atoms with Crippen molar-refractivity contribution >= 4 is 11.9 Å². The van der Waals surface area contributed by atoms with E-state index in [1.165, 1.54) is 12.7 Å². The van der Waals surface area contributed by atoms with Crippen molar-refractivity contribution in [1.82, 2.24) is 0 Å². The highest BCUT2D eigenvalue weighted by atomic mass is 127. The van der Waals surface area contributed by atoms with Gasteiger partial charge in [0.25, 0.3) is 0 Å². The van der Waals surface area contributed by atoms with Crippen LogP contribution < -0.4 is 47.1 Å². The molecule has 4 aromatic carbocycles. The van der Waals surface area contributed by atoms with Gasteiger partial charge in [-0.1, -0.05) is 24.3 Å². The molecular formula is C28H22I2O5+2. The zero-order valence-corrected chi connectivity index (χ0v) is 22.8. The van der Waals surface area contributed by atoms with Crippen LogP contribution in [0.15, 0.2) is 97.1 Å². The molecule has 2 N–H and O–H groups in total. The molecule has 0 bridgehead atoms. The van der Waals surface area contributed by atoms with E-state index in [4.69, 9.17) is 14.9 Å². The highest BCUT2D eigenvalue weighted by molar-refractivity contribution is 5.87. The fraction of sp³-hybridized carbons (Fsp3) is 0.0714. The summed E-state index contributed by atoms with van der Waals surface area (Å²) < 4.78 is 10.5. The predicted molar refractivity (Wildman–Crippen MR) is 124 cm³/mol. The molecule has 0 aliphatic heterocycles. The summed E-state index contributed by atoms with van der Waals surface area (Å²) in [6.45, 7) is 0.574. The van der Waals surface area contributed by atoms with Crippen molar-refractivity contribution in [3.63, 3.8) is 0 Å². The third-order valence-electron chi connectivity index (χ3n) is 4.97. The number of benzene rings is 4. The van der Waals surface area contributed by atoms with Gasteiger partial charge < -0.3 is 14.9 Å². The van der Waals surface area contributed by atoms with Gasteiger partial charge in [-0.2, -0.15) is 0 Å². The standard InChI is InChI=1S/C28H20I2O5/c31-27(32)20-3-1-5-24(17-20)29-22-9-7-19(8-10-22)15-16-35-26-13-11-23(12-14-26)30-25-6-2-4-21(18-25)28(33)34/h1-14,17-18H,15-16H2/p+2. The topological polar surface area (TPSA) is 83.8 Å². The second kappa shape index (κ2) is 12.2. The van der Waals surface area contributed by atoms with Gasteiger partial charge in [-0.25, -0.2) is 9.59 Å². The number of hydrogen-bond acceptors (Lipinski definition) is 3. The molecule has 0 atom stereocenters. The SMILES string of the molecule is O=C(O)c1cccc([I+]c2ccc(CCOc3ccc([I+]c4cccc(C(=O)O)c4)cc3)cc2)c1. The zero-order chi connectivity index (χ0) is 24.6. The van der Waals surface area contributed by atoms with E-state index in [2.05, 4.69) is 24.3 Å². The zero-order valence-electron chi connectivity index (χ0n) is 18.5. The number of halogens is 2. The summed E-state index contributed by atoms with van der Waals surface area (Å²) in [6, 6.07) is 30.8. The van der Waals surface area contributed by atoms with Crippen molar-refractivity contribution in [1.29, 1.82) is 0 Å². The third kappa shape index (κ3) is 7.53. The Hall–Kier alpha value is -2.92. The first kappa shape index (κ1) is 25.2. The summed E-state index contributed by atoms with van der Waals surface area (Å²) in [5.74, 6) is -0.979. The van der Waals surface area contributed by atoms with Crippen LogP contribution in [-0.4, -0.2) is 28.8 Å². The average molecular weight is 692 g/mol. The molecule has 0 aliphatic carbocycles. The van der Waals surface area contributed by atoms with Crippen LogP contribution in [0.2, 0.25) is 0 Å². The molecule has 0 unspecified atom stereocenters. The molecule has 0 heterocycles. The molecule has 0 radical (unpaired) electrons. The number of rotatable bonds is 10. The van der Waals surface area contributed by atoms with Gasteiger partial charge in [0.15, 0.2) is 14.3 Å². The van der Waals surface area contributed by atoms with E-state index in [9.17, 15) is 9.59 Å². The Bertz CT molecular complexity index is 1220. The van der Waals surface area contributed by atoms with Crippen LogP contribution in [-0.2, 0) is 6.42 Å². The van der Waals surface area contributed by atoms with E-state index < -0.39 is 54.3 Å². The van der Waals surface area contributed by atoms with Crippen molar-refractivity contribution in [3.05, 3.63) is 128 Å². The Balaban J connectivity index is 1.26. The first-order chi connectivity index (χ1) is 17.0. The lowest BCUT2D eigenvalue weighted by Crippen LogP contribution is -3.61. The van der Waals surface area contributed by atoms with Gasteiger partial charge in [0.1, 0.15) is 5.75 Å². The molecule has 0 amide bonds.